The Morgan fingerprint density at radius 2 is 1.83 bits per heavy atom. The molecule has 5 heteroatoms. The van der Waals surface area contributed by atoms with E-state index >= 15 is 0 Å². The number of carbonyl (C=O) groups excluding carboxylic acids is 2. The molecule has 0 bridgehead atoms. The second-order valence-corrected chi connectivity index (χ2v) is 6.73. The minimum absolute atomic E-state index is 0.0394. The molecule has 104 valence electrons. The monoisotopic (exact) mass is 255 g/mol. The molecule has 2 amide bonds. The highest BCUT2D eigenvalue weighted by Crippen LogP contribution is 2.32. The second kappa shape index (κ2) is 4.63. The van der Waals surface area contributed by atoms with E-state index in [1.54, 1.807) is 0 Å². The molecule has 5 nitrogen and oxygen atoms in total. The average molecular weight is 255 g/mol. The highest BCUT2D eigenvalue weighted by Gasteiger charge is 2.48. The van der Waals surface area contributed by atoms with Crippen molar-refractivity contribution in [3.63, 3.8) is 0 Å². The van der Waals surface area contributed by atoms with E-state index in [0.717, 1.165) is 0 Å². The van der Waals surface area contributed by atoms with Gasteiger partial charge in [-0.2, -0.15) is 0 Å². The van der Waals surface area contributed by atoms with Crippen LogP contribution in [0.15, 0.2) is 0 Å². The van der Waals surface area contributed by atoms with Gasteiger partial charge in [0.15, 0.2) is 0 Å². The number of piperazine rings is 1. The number of imide groups is 1. The molecule has 1 rings (SSSR count). The molecule has 2 unspecified atom stereocenters. The molecule has 1 aliphatic heterocycles. The lowest BCUT2D eigenvalue weighted by molar-refractivity contribution is -0.150. The Labute approximate surface area is 109 Å². The highest BCUT2D eigenvalue weighted by atomic mass is 16.2. The standard InChI is InChI=1S/C13H25N3O2/c1-8(14)10(12(2,3)4)16-7-9(17)15-11(18)13(16,5)6/h8,10H,7,14H2,1-6H3,(H,15,17,18). The summed E-state index contributed by atoms with van der Waals surface area (Å²) in [5.41, 5.74) is 5.25. The minimum Gasteiger partial charge on any atom is -0.327 e. The van der Waals surface area contributed by atoms with Crippen LogP contribution in [0.2, 0.25) is 0 Å². The number of hydrogen-bond donors (Lipinski definition) is 2. The Morgan fingerprint density at radius 1 is 1.33 bits per heavy atom. The zero-order valence-corrected chi connectivity index (χ0v) is 12.2. The van der Waals surface area contributed by atoms with Gasteiger partial charge in [0.2, 0.25) is 11.8 Å². The lowest BCUT2D eigenvalue weighted by Gasteiger charge is -2.50. The van der Waals surface area contributed by atoms with Gasteiger partial charge in [-0.25, -0.2) is 0 Å². The number of carbonyl (C=O) groups is 2. The Morgan fingerprint density at radius 3 is 2.22 bits per heavy atom. The minimum atomic E-state index is -0.723. The van der Waals surface area contributed by atoms with Crippen LogP contribution in [0, 0.1) is 5.41 Å². The van der Waals surface area contributed by atoms with Gasteiger partial charge in [-0.3, -0.25) is 19.8 Å². The summed E-state index contributed by atoms with van der Waals surface area (Å²) in [7, 11) is 0. The third-order valence-corrected chi connectivity index (χ3v) is 3.56. The van der Waals surface area contributed by atoms with Gasteiger partial charge in [0.05, 0.1) is 12.1 Å². The summed E-state index contributed by atoms with van der Waals surface area (Å²) in [5, 5.41) is 2.38. The van der Waals surface area contributed by atoms with Crippen molar-refractivity contribution in [3.05, 3.63) is 0 Å². The Balaban J connectivity index is 3.17. The molecule has 0 aromatic rings. The first-order valence-electron chi connectivity index (χ1n) is 6.34. The van der Waals surface area contributed by atoms with Crippen molar-refractivity contribution >= 4 is 11.8 Å². The quantitative estimate of drug-likeness (QED) is 0.704. The largest absolute Gasteiger partial charge is 0.327 e. The molecule has 0 spiro atoms. The molecule has 2 atom stereocenters. The van der Waals surface area contributed by atoms with E-state index in [9.17, 15) is 9.59 Å². The molecular weight excluding hydrogens is 230 g/mol. The topological polar surface area (TPSA) is 75.4 Å². The maximum Gasteiger partial charge on any atom is 0.246 e. The Hall–Kier alpha value is -0.940. The lowest BCUT2D eigenvalue weighted by Crippen LogP contribution is -2.70. The number of nitrogens with two attached hydrogens (primary N) is 1. The molecule has 0 aliphatic carbocycles. The molecular formula is C13H25N3O2. The third-order valence-electron chi connectivity index (χ3n) is 3.56. The number of nitrogens with one attached hydrogen (secondary N) is 1. The summed E-state index contributed by atoms with van der Waals surface area (Å²) >= 11 is 0. The fourth-order valence-electron chi connectivity index (χ4n) is 2.79. The molecule has 1 heterocycles. The zero-order valence-electron chi connectivity index (χ0n) is 12.2. The van der Waals surface area contributed by atoms with Crippen molar-refractivity contribution in [1.82, 2.24) is 10.2 Å². The smallest absolute Gasteiger partial charge is 0.246 e. The molecule has 0 aromatic carbocycles. The van der Waals surface area contributed by atoms with E-state index < -0.39 is 5.54 Å². The van der Waals surface area contributed by atoms with Gasteiger partial charge in [-0.05, 0) is 26.2 Å². The summed E-state index contributed by atoms with van der Waals surface area (Å²) in [4.78, 5) is 25.5. The molecule has 0 aromatic heterocycles. The van der Waals surface area contributed by atoms with Crippen molar-refractivity contribution in [2.75, 3.05) is 6.54 Å². The molecule has 18 heavy (non-hydrogen) atoms. The first kappa shape index (κ1) is 15.1. The SMILES string of the molecule is CC(N)C(N1CC(=O)NC(=O)C1(C)C)C(C)(C)C. The first-order valence-corrected chi connectivity index (χ1v) is 6.34. The van der Waals surface area contributed by atoms with Crippen molar-refractivity contribution < 1.29 is 9.59 Å². The van der Waals surface area contributed by atoms with Crippen LogP contribution in [-0.2, 0) is 9.59 Å². The van der Waals surface area contributed by atoms with Crippen molar-refractivity contribution in [1.29, 1.82) is 0 Å². The van der Waals surface area contributed by atoms with E-state index in [2.05, 4.69) is 26.1 Å². The Bertz CT molecular complexity index is 356. The van der Waals surface area contributed by atoms with Gasteiger partial charge >= 0.3 is 0 Å². The number of nitrogens with zero attached hydrogens (tertiary/aromatic N) is 1. The van der Waals surface area contributed by atoms with Crippen LogP contribution in [0.1, 0.15) is 41.5 Å². The van der Waals surface area contributed by atoms with E-state index in [1.165, 1.54) is 0 Å². The van der Waals surface area contributed by atoms with Crippen molar-refractivity contribution in [3.8, 4) is 0 Å². The van der Waals surface area contributed by atoms with Gasteiger partial charge < -0.3 is 5.73 Å². The predicted octanol–water partition coefficient (Wildman–Crippen LogP) is 0.485. The summed E-state index contributed by atoms with van der Waals surface area (Å²) in [6.07, 6.45) is 0. The van der Waals surface area contributed by atoms with Crippen LogP contribution < -0.4 is 11.1 Å². The number of hydrogen-bond acceptors (Lipinski definition) is 4. The van der Waals surface area contributed by atoms with Crippen LogP contribution >= 0.6 is 0 Å². The van der Waals surface area contributed by atoms with Gasteiger partial charge in [-0.15, -0.1) is 0 Å². The molecule has 1 aliphatic rings. The van der Waals surface area contributed by atoms with Crippen LogP contribution in [0.3, 0.4) is 0 Å². The van der Waals surface area contributed by atoms with Crippen molar-refractivity contribution in [2.24, 2.45) is 11.1 Å². The molecule has 0 radical (unpaired) electrons. The molecule has 0 saturated carbocycles. The summed E-state index contributed by atoms with van der Waals surface area (Å²) < 4.78 is 0. The van der Waals surface area contributed by atoms with Crippen LogP contribution in [-0.4, -0.2) is 40.9 Å². The van der Waals surface area contributed by atoms with Crippen LogP contribution in [0.5, 0.6) is 0 Å². The molecule has 3 N–H and O–H groups in total. The van der Waals surface area contributed by atoms with E-state index in [1.807, 2.05) is 25.7 Å². The maximum atomic E-state index is 12.0. The first-order chi connectivity index (χ1) is 7.98. The highest BCUT2D eigenvalue weighted by molar-refractivity contribution is 6.03. The average Bonchev–Trinajstić information content (AvgIpc) is 2.11. The molecule has 1 fully saturated rings. The third kappa shape index (κ3) is 2.72. The Kier molecular flexibility index (Phi) is 3.89. The van der Waals surface area contributed by atoms with Crippen LogP contribution in [0.4, 0.5) is 0 Å². The molecule has 1 saturated heterocycles. The van der Waals surface area contributed by atoms with Gasteiger partial charge in [0, 0.05) is 12.1 Å². The van der Waals surface area contributed by atoms with Gasteiger partial charge in [0.25, 0.3) is 0 Å². The second-order valence-electron chi connectivity index (χ2n) is 6.73. The fraction of sp³-hybridized carbons (Fsp3) is 0.846. The van der Waals surface area contributed by atoms with Gasteiger partial charge in [-0.1, -0.05) is 20.8 Å². The zero-order chi connectivity index (χ0) is 14.3. The lowest BCUT2D eigenvalue weighted by atomic mass is 9.79. The number of rotatable bonds is 2. The van der Waals surface area contributed by atoms with Gasteiger partial charge in [0.1, 0.15) is 0 Å². The van der Waals surface area contributed by atoms with E-state index in [0.29, 0.717) is 0 Å². The summed E-state index contributed by atoms with van der Waals surface area (Å²) in [6, 6.07) is -0.162. The summed E-state index contributed by atoms with van der Waals surface area (Å²) in [6.45, 7) is 12.0. The summed E-state index contributed by atoms with van der Waals surface area (Å²) in [5.74, 6) is -0.511. The normalized spacial score (nSPS) is 24.6. The fourth-order valence-corrected chi connectivity index (χ4v) is 2.79. The van der Waals surface area contributed by atoms with E-state index in [4.69, 9.17) is 5.73 Å². The van der Waals surface area contributed by atoms with Crippen molar-refractivity contribution in [2.45, 2.75) is 59.2 Å². The van der Waals surface area contributed by atoms with Crippen LogP contribution in [0.25, 0.3) is 0 Å². The number of amides is 2. The predicted molar refractivity (Wildman–Crippen MR) is 70.8 cm³/mol. The van der Waals surface area contributed by atoms with E-state index in [-0.39, 0.29) is 35.9 Å². The maximum absolute atomic E-state index is 12.0.